The van der Waals surface area contributed by atoms with Crippen molar-refractivity contribution in [1.82, 2.24) is 4.31 Å². The molecule has 1 heterocycles. The Balaban J connectivity index is 2.63. The zero-order valence-corrected chi connectivity index (χ0v) is 12.3. The van der Waals surface area contributed by atoms with Gasteiger partial charge >= 0.3 is 0 Å². The molecular formula is C12H26N2O3S. The van der Waals surface area contributed by atoms with Crippen LogP contribution in [0.4, 0.5) is 0 Å². The predicted octanol–water partition coefficient (Wildman–Crippen LogP) is 0.802. The van der Waals surface area contributed by atoms with Gasteiger partial charge in [0, 0.05) is 25.7 Å². The van der Waals surface area contributed by atoms with Crippen molar-refractivity contribution >= 4 is 10.0 Å². The lowest BCUT2D eigenvalue weighted by molar-refractivity contribution is 0.158. The van der Waals surface area contributed by atoms with Gasteiger partial charge in [-0.1, -0.05) is 13.3 Å². The maximum atomic E-state index is 12.2. The van der Waals surface area contributed by atoms with Crippen LogP contribution in [0, 0.1) is 5.92 Å². The van der Waals surface area contributed by atoms with Crippen molar-refractivity contribution in [2.24, 2.45) is 11.7 Å². The number of hydrogen-bond acceptors (Lipinski definition) is 4. The number of nitrogens with zero attached hydrogens (tertiary/aromatic N) is 1. The zero-order valence-electron chi connectivity index (χ0n) is 11.5. The molecule has 2 atom stereocenters. The van der Waals surface area contributed by atoms with E-state index >= 15 is 0 Å². The summed E-state index contributed by atoms with van der Waals surface area (Å²) in [6.07, 6.45) is 2.94. The second-order valence-corrected chi connectivity index (χ2v) is 6.85. The standard InChI is InChI=1S/C12H26N2O3S/c1-3-11-5-6-14(12(9-11)10-13)18(15,16)8-7-17-4-2/h11-12H,3-10,13H2,1-2H3. The first-order chi connectivity index (χ1) is 8.55. The van der Waals surface area contributed by atoms with Crippen molar-refractivity contribution in [2.75, 3.05) is 32.1 Å². The summed E-state index contributed by atoms with van der Waals surface area (Å²) in [5.41, 5.74) is 5.72. The summed E-state index contributed by atoms with van der Waals surface area (Å²) in [5.74, 6) is 0.672. The average molecular weight is 278 g/mol. The molecule has 6 heteroatoms. The fourth-order valence-electron chi connectivity index (χ4n) is 2.49. The number of nitrogens with two attached hydrogens (primary N) is 1. The summed E-state index contributed by atoms with van der Waals surface area (Å²) in [6.45, 7) is 5.84. The molecule has 0 spiro atoms. The first-order valence-corrected chi connectivity index (χ1v) is 8.43. The molecule has 1 saturated heterocycles. The monoisotopic (exact) mass is 278 g/mol. The van der Waals surface area contributed by atoms with Gasteiger partial charge in [0.2, 0.25) is 10.0 Å². The summed E-state index contributed by atoms with van der Waals surface area (Å²) in [6, 6.07) is -0.0321. The molecule has 0 saturated carbocycles. The molecule has 5 nitrogen and oxygen atoms in total. The number of piperidine rings is 1. The third-order valence-electron chi connectivity index (χ3n) is 3.67. The quantitative estimate of drug-likeness (QED) is 0.699. The van der Waals surface area contributed by atoms with Crippen LogP contribution in [0.1, 0.15) is 33.1 Å². The van der Waals surface area contributed by atoms with Gasteiger partial charge in [0.05, 0.1) is 12.4 Å². The molecule has 0 aliphatic carbocycles. The molecule has 0 aromatic rings. The number of rotatable bonds is 7. The van der Waals surface area contributed by atoms with Crippen LogP contribution in [-0.2, 0) is 14.8 Å². The van der Waals surface area contributed by atoms with Crippen molar-refractivity contribution in [3.05, 3.63) is 0 Å². The molecule has 2 unspecified atom stereocenters. The molecule has 2 N–H and O–H groups in total. The maximum Gasteiger partial charge on any atom is 0.216 e. The Labute approximate surface area is 111 Å². The van der Waals surface area contributed by atoms with Crippen molar-refractivity contribution in [1.29, 1.82) is 0 Å². The zero-order chi connectivity index (χ0) is 13.6. The Hall–Kier alpha value is -0.170. The summed E-state index contributed by atoms with van der Waals surface area (Å²) in [4.78, 5) is 0. The molecule has 1 aliphatic heterocycles. The molecule has 18 heavy (non-hydrogen) atoms. The highest BCUT2D eigenvalue weighted by Crippen LogP contribution is 2.27. The van der Waals surface area contributed by atoms with Crippen LogP contribution in [0.25, 0.3) is 0 Å². The third kappa shape index (κ3) is 4.19. The van der Waals surface area contributed by atoms with Crippen molar-refractivity contribution in [3.8, 4) is 0 Å². The van der Waals surface area contributed by atoms with Gasteiger partial charge in [-0.2, -0.15) is 4.31 Å². The smallest absolute Gasteiger partial charge is 0.216 e. The van der Waals surface area contributed by atoms with Crippen LogP contribution in [0.3, 0.4) is 0 Å². The maximum absolute atomic E-state index is 12.2. The number of hydrogen-bond donors (Lipinski definition) is 1. The fraction of sp³-hybridized carbons (Fsp3) is 1.00. The number of ether oxygens (including phenoxy) is 1. The van der Waals surface area contributed by atoms with Gasteiger partial charge in [0.25, 0.3) is 0 Å². The van der Waals surface area contributed by atoms with E-state index in [1.54, 1.807) is 4.31 Å². The first kappa shape index (κ1) is 15.9. The van der Waals surface area contributed by atoms with Gasteiger partial charge in [0.1, 0.15) is 0 Å². The average Bonchev–Trinajstić information content (AvgIpc) is 2.38. The van der Waals surface area contributed by atoms with E-state index in [0.717, 1.165) is 19.3 Å². The largest absolute Gasteiger partial charge is 0.381 e. The van der Waals surface area contributed by atoms with Crippen LogP contribution in [-0.4, -0.2) is 50.8 Å². The van der Waals surface area contributed by atoms with Crippen LogP contribution < -0.4 is 5.73 Å². The minimum atomic E-state index is -3.22. The fourth-order valence-corrected chi connectivity index (χ4v) is 4.06. The van der Waals surface area contributed by atoms with Crippen LogP contribution in [0.15, 0.2) is 0 Å². The molecule has 1 rings (SSSR count). The van der Waals surface area contributed by atoms with E-state index in [4.69, 9.17) is 10.5 Å². The van der Waals surface area contributed by atoms with Crippen molar-refractivity contribution < 1.29 is 13.2 Å². The predicted molar refractivity (Wildman–Crippen MR) is 72.8 cm³/mol. The Morgan fingerprint density at radius 2 is 2.11 bits per heavy atom. The minimum absolute atomic E-state index is 0.0321. The van der Waals surface area contributed by atoms with E-state index in [1.165, 1.54) is 0 Å². The molecule has 0 amide bonds. The van der Waals surface area contributed by atoms with E-state index in [0.29, 0.717) is 25.6 Å². The second kappa shape index (κ2) is 7.43. The van der Waals surface area contributed by atoms with Gasteiger partial charge in [-0.3, -0.25) is 0 Å². The topological polar surface area (TPSA) is 72.6 Å². The molecule has 108 valence electrons. The second-order valence-electron chi connectivity index (χ2n) is 4.81. The normalized spacial score (nSPS) is 26.4. The Morgan fingerprint density at radius 3 is 2.67 bits per heavy atom. The highest BCUT2D eigenvalue weighted by Gasteiger charge is 2.34. The molecule has 0 bridgehead atoms. The van der Waals surface area contributed by atoms with E-state index in [-0.39, 0.29) is 18.4 Å². The van der Waals surface area contributed by atoms with Gasteiger partial charge in [-0.15, -0.1) is 0 Å². The van der Waals surface area contributed by atoms with Crippen LogP contribution in [0.5, 0.6) is 0 Å². The Kier molecular flexibility index (Phi) is 6.55. The molecular weight excluding hydrogens is 252 g/mol. The SMILES string of the molecule is CCOCCS(=O)(=O)N1CCC(CC)CC1CN. The van der Waals surface area contributed by atoms with Gasteiger partial charge < -0.3 is 10.5 Å². The van der Waals surface area contributed by atoms with Gasteiger partial charge in [0.15, 0.2) is 0 Å². The minimum Gasteiger partial charge on any atom is -0.381 e. The summed E-state index contributed by atoms with van der Waals surface area (Å²) in [5, 5.41) is 0. The van der Waals surface area contributed by atoms with E-state index < -0.39 is 10.0 Å². The lowest BCUT2D eigenvalue weighted by Gasteiger charge is -2.37. The molecule has 0 aromatic carbocycles. The highest BCUT2D eigenvalue weighted by atomic mass is 32.2. The van der Waals surface area contributed by atoms with E-state index in [2.05, 4.69) is 6.92 Å². The third-order valence-corrected chi connectivity index (χ3v) is 5.54. The van der Waals surface area contributed by atoms with Crippen molar-refractivity contribution in [3.63, 3.8) is 0 Å². The highest BCUT2D eigenvalue weighted by molar-refractivity contribution is 7.89. The summed E-state index contributed by atoms with van der Waals surface area (Å²) < 4.78 is 31.2. The molecule has 1 fully saturated rings. The number of sulfonamides is 1. The Bertz CT molecular complexity index is 332. The van der Waals surface area contributed by atoms with E-state index in [1.807, 2.05) is 6.92 Å². The van der Waals surface area contributed by atoms with Crippen molar-refractivity contribution in [2.45, 2.75) is 39.2 Å². The molecule has 0 radical (unpaired) electrons. The molecule has 1 aliphatic rings. The summed E-state index contributed by atoms with van der Waals surface area (Å²) >= 11 is 0. The van der Waals surface area contributed by atoms with Crippen LogP contribution >= 0.6 is 0 Å². The first-order valence-electron chi connectivity index (χ1n) is 6.82. The lowest BCUT2D eigenvalue weighted by Crippen LogP contribution is -2.50. The van der Waals surface area contributed by atoms with Crippen LogP contribution in [0.2, 0.25) is 0 Å². The summed E-state index contributed by atoms with van der Waals surface area (Å²) in [7, 11) is -3.22. The van der Waals surface area contributed by atoms with Gasteiger partial charge in [-0.05, 0) is 25.7 Å². The Morgan fingerprint density at radius 1 is 1.39 bits per heavy atom. The molecule has 0 aromatic heterocycles. The van der Waals surface area contributed by atoms with Gasteiger partial charge in [-0.25, -0.2) is 8.42 Å². The lowest BCUT2D eigenvalue weighted by atomic mass is 9.90. The van der Waals surface area contributed by atoms with E-state index in [9.17, 15) is 8.42 Å².